The monoisotopic (exact) mass is 573 g/mol. The number of thioether (sulfide) groups is 1. The fourth-order valence-corrected chi connectivity index (χ4v) is 6.43. The minimum absolute atomic E-state index is 0.320. The lowest BCUT2D eigenvalue weighted by atomic mass is 9.73. The van der Waals surface area contributed by atoms with Crippen LogP contribution in [0.3, 0.4) is 0 Å². The highest BCUT2D eigenvalue weighted by Gasteiger charge is 2.41. The van der Waals surface area contributed by atoms with Gasteiger partial charge in [0, 0.05) is 22.0 Å². The molecule has 1 atom stereocenters. The average molecular weight is 574 g/mol. The summed E-state index contributed by atoms with van der Waals surface area (Å²) in [5, 5.41) is 21.8. The number of aromatic nitrogens is 1. The van der Waals surface area contributed by atoms with Gasteiger partial charge in [-0.25, -0.2) is 5.48 Å². The molecule has 10 heteroatoms. The molecule has 210 valence electrons. The Hall–Kier alpha value is -2.56. The van der Waals surface area contributed by atoms with Crippen molar-refractivity contribution in [2.75, 3.05) is 39.6 Å². The number of hydrogen-bond acceptors (Lipinski definition) is 8. The maximum atomic E-state index is 12.8. The summed E-state index contributed by atoms with van der Waals surface area (Å²) >= 11 is 8.28. The zero-order valence-electron chi connectivity index (χ0n) is 22.4. The van der Waals surface area contributed by atoms with E-state index in [-0.39, 0.29) is 0 Å². The van der Waals surface area contributed by atoms with E-state index in [9.17, 15) is 15.1 Å². The molecule has 1 fully saturated rings. The topological polar surface area (TPSA) is 104 Å². The van der Waals surface area contributed by atoms with Gasteiger partial charge in [-0.3, -0.25) is 15.0 Å². The Balaban J connectivity index is 1.34. The van der Waals surface area contributed by atoms with Gasteiger partial charge < -0.3 is 19.5 Å². The summed E-state index contributed by atoms with van der Waals surface area (Å²) in [4.78, 5) is 20.8. The summed E-state index contributed by atoms with van der Waals surface area (Å²) in [5.41, 5.74) is 2.41. The first-order chi connectivity index (χ1) is 18.9. The van der Waals surface area contributed by atoms with Crippen molar-refractivity contribution >= 4 is 40.2 Å². The normalized spacial score (nSPS) is 16.1. The van der Waals surface area contributed by atoms with E-state index in [1.54, 1.807) is 26.0 Å². The number of nitrogens with zero attached hydrogens (tertiary/aromatic N) is 2. The molecule has 0 saturated carbocycles. The Labute approximate surface area is 238 Å². The quantitative estimate of drug-likeness (QED) is 0.113. The van der Waals surface area contributed by atoms with Crippen LogP contribution in [0.15, 0.2) is 53.6 Å². The Morgan fingerprint density at radius 2 is 1.92 bits per heavy atom. The number of benzene rings is 2. The van der Waals surface area contributed by atoms with Crippen LogP contribution >= 0.6 is 23.4 Å². The lowest BCUT2D eigenvalue weighted by Crippen LogP contribution is -2.48. The standard InChI is InChI=1S/C29H36ClN3O5S/c1-37-20-5-3-6-22(17-20)39-16-4-13-33-14-11-29(12-15-33,28(35)32-36)10-9-26(34)27-23-18-21(38-2)7-8-25(23)31-19-24(27)30/h3,5-8,17-19,26,34,36H,4,9-16H2,1-2H3,(H,32,35). The van der Waals surface area contributed by atoms with Gasteiger partial charge in [0.05, 0.1) is 36.3 Å². The lowest BCUT2D eigenvalue weighted by molar-refractivity contribution is -0.143. The Kier molecular flexibility index (Phi) is 10.3. The molecule has 1 aliphatic heterocycles. The lowest BCUT2D eigenvalue weighted by Gasteiger charge is -2.40. The molecule has 4 rings (SSSR count). The summed E-state index contributed by atoms with van der Waals surface area (Å²) in [6, 6.07) is 13.5. The molecule has 0 radical (unpaired) electrons. The molecule has 8 nitrogen and oxygen atoms in total. The molecule has 1 unspecified atom stereocenters. The fraction of sp³-hybridized carbons (Fsp3) is 0.448. The summed E-state index contributed by atoms with van der Waals surface area (Å²) in [6.07, 6.45) is 3.62. The average Bonchev–Trinajstić information content (AvgIpc) is 2.98. The van der Waals surface area contributed by atoms with Crippen LogP contribution in [0.1, 0.15) is 43.8 Å². The van der Waals surface area contributed by atoms with Gasteiger partial charge >= 0.3 is 0 Å². The molecule has 1 aliphatic rings. The Morgan fingerprint density at radius 1 is 1.18 bits per heavy atom. The highest BCUT2D eigenvalue weighted by molar-refractivity contribution is 7.99. The zero-order chi connectivity index (χ0) is 27.8. The van der Waals surface area contributed by atoms with Gasteiger partial charge in [-0.15, -0.1) is 11.8 Å². The molecule has 3 N–H and O–H groups in total. The number of carbonyl (C=O) groups excluding carboxylic acids is 1. The number of aliphatic hydroxyl groups excluding tert-OH is 1. The number of nitrogens with one attached hydrogen (secondary N) is 1. The molecule has 39 heavy (non-hydrogen) atoms. The Morgan fingerprint density at radius 3 is 2.64 bits per heavy atom. The predicted octanol–water partition coefficient (Wildman–Crippen LogP) is 5.49. The van der Waals surface area contributed by atoms with Crippen LogP contribution in [0, 0.1) is 5.41 Å². The smallest absolute Gasteiger partial charge is 0.249 e. The van der Waals surface area contributed by atoms with Gasteiger partial charge in [0.1, 0.15) is 11.5 Å². The number of amides is 1. The second kappa shape index (κ2) is 13.7. The van der Waals surface area contributed by atoms with Gasteiger partial charge in [-0.05, 0) is 93.9 Å². The van der Waals surface area contributed by atoms with Crippen LogP contribution in [0.2, 0.25) is 5.02 Å². The van der Waals surface area contributed by atoms with Crippen LogP contribution in [0.25, 0.3) is 10.9 Å². The molecule has 0 spiro atoms. The van der Waals surface area contributed by atoms with Crippen molar-refractivity contribution < 1.29 is 24.6 Å². The highest BCUT2D eigenvalue weighted by atomic mass is 35.5. The number of methoxy groups -OCH3 is 2. The van der Waals surface area contributed by atoms with Crippen molar-refractivity contribution in [3.05, 3.63) is 59.2 Å². The van der Waals surface area contributed by atoms with Crippen LogP contribution in [-0.4, -0.2) is 65.7 Å². The maximum Gasteiger partial charge on any atom is 0.249 e. The molecule has 2 aromatic carbocycles. The zero-order valence-corrected chi connectivity index (χ0v) is 23.9. The van der Waals surface area contributed by atoms with E-state index in [2.05, 4.69) is 16.0 Å². The van der Waals surface area contributed by atoms with E-state index in [1.807, 2.05) is 41.9 Å². The molecule has 3 aromatic rings. The molecule has 0 aliphatic carbocycles. The van der Waals surface area contributed by atoms with Crippen LogP contribution in [0.5, 0.6) is 11.5 Å². The second-order valence-corrected chi connectivity index (χ2v) is 11.5. The molecule has 0 bridgehead atoms. The van der Waals surface area contributed by atoms with E-state index in [0.29, 0.717) is 47.5 Å². The molecule has 2 heterocycles. The number of hydroxylamine groups is 1. The number of aliphatic hydroxyl groups is 1. The molecule has 1 aromatic heterocycles. The van der Waals surface area contributed by atoms with Crippen LogP contribution < -0.4 is 15.0 Å². The van der Waals surface area contributed by atoms with E-state index in [4.69, 9.17) is 21.1 Å². The minimum Gasteiger partial charge on any atom is -0.497 e. The number of pyridine rings is 1. The number of fused-ring (bicyclic) bond motifs is 1. The van der Waals surface area contributed by atoms with Crippen LogP contribution in [-0.2, 0) is 4.79 Å². The number of halogens is 1. The highest BCUT2D eigenvalue weighted by Crippen LogP contribution is 2.41. The first-order valence-corrected chi connectivity index (χ1v) is 14.5. The van der Waals surface area contributed by atoms with Crippen molar-refractivity contribution in [2.24, 2.45) is 5.41 Å². The largest absolute Gasteiger partial charge is 0.497 e. The molecule has 1 amide bonds. The van der Waals surface area contributed by atoms with E-state index < -0.39 is 17.4 Å². The first-order valence-electron chi connectivity index (χ1n) is 13.1. The van der Waals surface area contributed by atoms with E-state index in [1.165, 1.54) is 11.1 Å². The fourth-order valence-electron chi connectivity index (χ4n) is 5.27. The third-order valence-electron chi connectivity index (χ3n) is 7.62. The van der Waals surface area contributed by atoms with Gasteiger partial charge in [-0.2, -0.15) is 0 Å². The van der Waals surface area contributed by atoms with Gasteiger partial charge in [0.25, 0.3) is 0 Å². The third-order valence-corrected chi connectivity index (χ3v) is 9.00. The number of piperidine rings is 1. The van der Waals surface area contributed by atoms with E-state index >= 15 is 0 Å². The van der Waals surface area contributed by atoms with Crippen molar-refractivity contribution in [3.8, 4) is 11.5 Å². The van der Waals surface area contributed by atoms with E-state index in [0.717, 1.165) is 42.9 Å². The van der Waals surface area contributed by atoms with Crippen molar-refractivity contribution in [2.45, 2.75) is 43.1 Å². The molecular weight excluding hydrogens is 538 g/mol. The first kappa shape index (κ1) is 29.4. The Bertz CT molecular complexity index is 1270. The number of likely N-dealkylation sites (tertiary alicyclic amines) is 1. The summed E-state index contributed by atoms with van der Waals surface area (Å²) in [7, 11) is 3.25. The van der Waals surface area contributed by atoms with Crippen LogP contribution in [0.4, 0.5) is 0 Å². The van der Waals surface area contributed by atoms with Crippen molar-refractivity contribution in [1.82, 2.24) is 15.4 Å². The van der Waals surface area contributed by atoms with Crippen molar-refractivity contribution in [3.63, 3.8) is 0 Å². The maximum absolute atomic E-state index is 12.8. The SMILES string of the molecule is COc1cccc(SCCCN2CCC(CCC(O)c3c(Cl)cnc4ccc(OC)cc34)(C(=O)NO)CC2)c1. The predicted molar refractivity (Wildman–Crippen MR) is 154 cm³/mol. The minimum atomic E-state index is -0.898. The summed E-state index contributed by atoms with van der Waals surface area (Å²) in [6.45, 7) is 2.45. The van der Waals surface area contributed by atoms with Gasteiger partial charge in [0.2, 0.25) is 5.91 Å². The van der Waals surface area contributed by atoms with Gasteiger partial charge in [0.15, 0.2) is 0 Å². The molecular formula is C29H36ClN3O5S. The molecule has 1 saturated heterocycles. The number of hydrogen-bond donors (Lipinski definition) is 3. The second-order valence-electron chi connectivity index (χ2n) is 9.90. The number of ether oxygens (including phenoxy) is 2. The third kappa shape index (κ3) is 7.15. The number of carbonyl (C=O) groups is 1. The van der Waals surface area contributed by atoms with Crippen molar-refractivity contribution in [1.29, 1.82) is 0 Å². The van der Waals surface area contributed by atoms with Gasteiger partial charge in [-0.1, -0.05) is 17.7 Å². The number of rotatable bonds is 12. The summed E-state index contributed by atoms with van der Waals surface area (Å²) in [5.74, 6) is 2.10. The summed E-state index contributed by atoms with van der Waals surface area (Å²) < 4.78 is 10.6.